The van der Waals surface area contributed by atoms with Crippen molar-refractivity contribution in [3.8, 4) is 5.75 Å². The zero-order chi connectivity index (χ0) is 26.4. The van der Waals surface area contributed by atoms with Crippen molar-refractivity contribution < 1.29 is 23.9 Å². The molecule has 3 amide bonds. The molecule has 5 rings (SSSR count). The highest BCUT2D eigenvalue weighted by atomic mass is 16.5. The van der Waals surface area contributed by atoms with Gasteiger partial charge in [-0.2, -0.15) is 0 Å². The van der Waals surface area contributed by atoms with Crippen molar-refractivity contribution in [3.05, 3.63) is 64.7 Å². The van der Waals surface area contributed by atoms with Crippen molar-refractivity contribution in [2.45, 2.75) is 49.4 Å². The molecule has 180 valence electrons. The largest absolute Gasteiger partial charge is 0.489 e. The number of hydrogen-bond donors (Lipinski definition) is 1. The summed E-state index contributed by atoms with van der Waals surface area (Å²) in [6.07, 6.45) is 0.520. The average Bonchev–Trinajstić information content (AvgIpc) is 3.13. The number of fused-ring (bicyclic) bond motifs is 1. The fraction of sp³-hybridized carbons (Fsp3) is 0.400. The molecule has 0 saturated carbocycles. The molecule has 2 saturated heterocycles. The van der Waals surface area contributed by atoms with Gasteiger partial charge < -0.3 is 14.4 Å². The van der Waals surface area contributed by atoms with E-state index in [1.807, 2.05) is 35.2 Å². The number of carbonyl (C=O) groups excluding carboxylic acids is 3. The lowest BCUT2D eigenvalue weighted by atomic mass is 9.57. The molecule has 37 heavy (non-hydrogen) atoms. The van der Waals surface area contributed by atoms with Gasteiger partial charge in [-0.05, 0) is 29.7 Å². The van der Waals surface area contributed by atoms with Gasteiger partial charge in [-0.15, -0.1) is 0 Å². The number of ether oxygens (including phenoxy) is 2. The Kier molecular flexibility index (Phi) is 6.75. The number of nitrogens with zero attached hydrogens (tertiary/aromatic N) is 2. The molecule has 1 unspecified atom stereocenters. The smallest absolute Gasteiger partial charge is 0.255 e. The Labute approximate surface area is 221 Å². The number of amides is 3. The first-order valence-electron chi connectivity index (χ1n) is 12.0. The van der Waals surface area contributed by atoms with Gasteiger partial charge in [0.05, 0.1) is 6.54 Å². The van der Waals surface area contributed by atoms with Crippen LogP contribution in [0.4, 0.5) is 0 Å². The number of morpholine rings is 1. The molecule has 1 N–H and O–H groups in total. The van der Waals surface area contributed by atoms with Crippen molar-refractivity contribution in [1.82, 2.24) is 15.1 Å². The van der Waals surface area contributed by atoms with Crippen LogP contribution in [0.5, 0.6) is 5.75 Å². The maximum Gasteiger partial charge on any atom is 0.255 e. The molecular weight excluding hydrogens is 466 g/mol. The Bertz CT molecular complexity index is 1220. The van der Waals surface area contributed by atoms with Crippen LogP contribution in [0.1, 0.15) is 39.9 Å². The zero-order valence-electron chi connectivity index (χ0n) is 20.3. The number of benzene rings is 2. The van der Waals surface area contributed by atoms with Crippen LogP contribution in [-0.2, 0) is 34.0 Å². The second-order valence-corrected chi connectivity index (χ2v) is 9.94. The van der Waals surface area contributed by atoms with Gasteiger partial charge in [-0.3, -0.25) is 24.6 Å². The molecular formula is C25H23B4N3O5. The predicted octanol–water partition coefficient (Wildman–Crippen LogP) is -0.160. The lowest BCUT2D eigenvalue weighted by molar-refractivity contribution is -0.136. The molecule has 0 spiro atoms. The van der Waals surface area contributed by atoms with Gasteiger partial charge in [0.25, 0.3) is 5.91 Å². The van der Waals surface area contributed by atoms with Crippen molar-refractivity contribution in [1.29, 1.82) is 0 Å². The van der Waals surface area contributed by atoms with Crippen molar-refractivity contribution in [2.24, 2.45) is 0 Å². The van der Waals surface area contributed by atoms with E-state index in [0.717, 1.165) is 16.7 Å². The number of rotatable bonds is 6. The van der Waals surface area contributed by atoms with Gasteiger partial charge in [0, 0.05) is 48.0 Å². The number of imide groups is 1. The standard InChI is InChI=1S/C25H23B4N3O5/c26-24(27)13-31(14-25(28,29)37-24)10-15-4-6-16(7-5-15)12-36-20-3-1-2-17-18(20)11-32(23(17)35)19-8-9-21(33)30-22(19)34/h1-7,19H,8-14H2,(H,30,33,34). The SMILES string of the molecule is [B]C1([B])CN(Cc2ccc(COc3cccc4c3CN(C3CCC(=O)NC3=O)C4=O)cc2)CC([B])([B])O1. The first-order chi connectivity index (χ1) is 17.5. The van der Waals surface area contributed by atoms with Gasteiger partial charge in [0.1, 0.15) is 49.8 Å². The summed E-state index contributed by atoms with van der Waals surface area (Å²) in [4.78, 5) is 40.2. The van der Waals surface area contributed by atoms with E-state index in [1.165, 1.54) is 4.90 Å². The maximum atomic E-state index is 13.0. The van der Waals surface area contributed by atoms with E-state index >= 15 is 0 Å². The van der Waals surface area contributed by atoms with Crippen LogP contribution < -0.4 is 10.1 Å². The second kappa shape index (κ2) is 9.72. The van der Waals surface area contributed by atoms with Crippen molar-refractivity contribution in [2.75, 3.05) is 13.1 Å². The number of nitrogens with one attached hydrogen (secondary N) is 1. The molecule has 1 atom stereocenters. The number of piperidine rings is 1. The molecule has 2 aromatic rings. The molecule has 0 bridgehead atoms. The Hall–Kier alpha value is -2.97. The van der Waals surface area contributed by atoms with Crippen LogP contribution in [0.25, 0.3) is 0 Å². The van der Waals surface area contributed by atoms with Crippen molar-refractivity contribution in [3.63, 3.8) is 0 Å². The molecule has 8 radical (unpaired) electrons. The lowest BCUT2D eigenvalue weighted by Crippen LogP contribution is -2.62. The minimum absolute atomic E-state index is 0.208. The maximum absolute atomic E-state index is 13.0. The number of carbonyl (C=O) groups is 3. The van der Waals surface area contributed by atoms with Crippen LogP contribution in [0.15, 0.2) is 42.5 Å². The topological polar surface area (TPSA) is 88.2 Å². The van der Waals surface area contributed by atoms with Crippen molar-refractivity contribution >= 4 is 49.1 Å². The van der Waals surface area contributed by atoms with Gasteiger partial charge in [0.15, 0.2) is 0 Å². The highest BCUT2D eigenvalue weighted by Gasteiger charge is 2.40. The van der Waals surface area contributed by atoms with E-state index in [-0.39, 0.29) is 37.9 Å². The van der Waals surface area contributed by atoms with E-state index in [0.29, 0.717) is 30.9 Å². The Morgan fingerprint density at radius 3 is 2.32 bits per heavy atom. The van der Waals surface area contributed by atoms with E-state index in [1.54, 1.807) is 12.1 Å². The normalized spacial score (nSPS) is 23.0. The highest BCUT2D eigenvalue weighted by Crippen LogP contribution is 2.34. The molecule has 2 aromatic carbocycles. The Balaban J connectivity index is 1.22. The van der Waals surface area contributed by atoms with Gasteiger partial charge in [-0.25, -0.2) is 0 Å². The minimum Gasteiger partial charge on any atom is -0.489 e. The summed E-state index contributed by atoms with van der Waals surface area (Å²) in [7, 11) is 23.6. The summed E-state index contributed by atoms with van der Waals surface area (Å²) in [6, 6.07) is 12.5. The van der Waals surface area contributed by atoms with E-state index in [2.05, 4.69) is 5.32 Å². The summed E-state index contributed by atoms with van der Waals surface area (Å²) >= 11 is 0. The van der Waals surface area contributed by atoms with E-state index in [9.17, 15) is 14.4 Å². The quantitative estimate of drug-likeness (QED) is 0.449. The Morgan fingerprint density at radius 1 is 0.973 bits per heavy atom. The third-order valence-electron chi connectivity index (χ3n) is 6.68. The molecule has 0 aromatic heterocycles. The third kappa shape index (κ3) is 5.65. The third-order valence-corrected chi connectivity index (χ3v) is 6.68. The van der Waals surface area contributed by atoms with E-state index < -0.39 is 22.7 Å². The van der Waals surface area contributed by atoms with Gasteiger partial charge >= 0.3 is 0 Å². The fourth-order valence-corrected chi connectivity index (χ4v) is 5.14. The fourth-order valence-electron chi connectivity index (χ4n) is 5.14. The van der Waals surface area contributed by atoms with Crippen LogP contribution >= 0.6 is 0 Å². The molecule has 3 aliphatic rings. The highest BCUT2D eigenvalue weighted by molar-refractivity contribution is 6.43. The zero-order valence-corrected chi connectivity index (χ0v) is 20.3. The minimum atomic E-state index is -1.43. The van der Waals surface area contributed by atoms with Crippen LogP contribution in [0.3, 0.4) is 0 Å². The Morgan fingerprint density at radius 2 is 1.65 bits per heavy atom. The second-order valence-electron chi connectivity index (χ2n) is 9.94. The van der Waals surface area contributed by atoms with Crippen LogP contribution in [0, 0.1) is 0 Å². The summed E-state index contributed by atoms with van der Waals surface area (Å²) < 4.78 is 11.4. The van der Waals surface area contributed by atoms with Gasteiger partial charge in [-0.1, -0.05) is 30.3 Å². The van der Waals surface area contributed by atoms with Gasteiger partial charge in [0.2, 0.25) is 11.8 Å². The average molecular weight is 489 g/mol. The molecule has 3 aliphatic heterocycles. The number of hydrogen-bond acceptors (Lipinski definition) is 6. The summed E-state index contributed by atoms with van der Waals surface area (Å²) in [5.74, 6) is -0.406. The first kappa shape index (κ1) is 25.7. The van der Waals surface area contributed by atoms with Crippen LogP contribution in [0.2, 0.25) is 0 Å². The molecule has 3 heterocycles. The predicted molar refractivity (Wildman–Crippen MR) is 138 cm³/mol. The summed E-state index contributed by atoms with van der Waals surface area (Å²) in [5.41, 5.74) is 3.20. The lowest BCUT2D eigenvalue weighted by Gasteiger charge is -2.49. The van der Waals surface area contributed by atoms with E-state index in [4.69, 9.17) is 40.9 Å². The summed E-state index contributed by atoms with van der Waals surface area (Å²) in [5, 5.41) is -0.544. The molecule has 12 heteroatoms. The molecule has 8 nitrogen and oxygen atoms in total. The molecule has 2 fully saturated rings. The van der Waals surface area contributed by atoms with Crippen LogP contribution in [-0.4, -0.2) is 88.8 Å². The monoisotopic (exact) mass is 489 g/mol. The summed E-state index contributed by atoms with van der Waals surface area (Å²) in [6.45, 7) is 1.65. The molecule has 0 aliphatic carbocycles. The first-order valence-corrected chi connectivity index (χ1v) is 12.0.